The predicted molar refractivity (Wildman–Crippen MR) is 110 cm³/mol. The molecule has 1 aliphatic rings. The maximum absolute atomic E-state index is 12.4. The Bertz CT molecular complexity index is 739. The van der Waals surface area contributed by atoms with E-state index in [-0.39, 0.29) is 29.3 Å². The van der Waals surface area contributed by atoms with E-state index in [2.05, 4.69) is 20.5 Å². The van der Waals surface area contributed by atoms with Gasteiger partial charge in [0.15, 0.2) is 5.96 Å². The molecule has 154 valence electrons. The van der Waals surface area contributed by atoms with Crippen LogP contribution in [0.3, 0.4) is 0 Å². The fraction of sp³-hybridized carbons (Fsp3) is 0.571. The van der Waals surface area contributed by atoms with Gasteiger partial charge < -0.3 is 20.3 Å². The lowest BCUT2D eigenvalue weighted by Crippen LogP contribution is -2.41. The average molecular weight is 389 g/mol. The van der Waals surface area contributed by atoms with Crippen molar-refractivity contribution in [1.82, 2.24) is 15.5 Å². The molecule has 1 aromatic carbocycles. The fourth-order valence-electron chi connectivity index (χ4n) is 3.35. The van der Waals surface area contributed by atoms with Crippen LogP contribution in [0.1, 0.15) is 43.6 Å². The third-order valence-electron chi connectivity index (χ3n) is 4.76. The highest BCUT2D eigenvalue weighted by atomic mass is 16.5. The van der Waals surface area contributed by atoms with E-state index < -0.39 is 0 Å². The summed E-state index contributed by atoms with van der Waals surface area (Å²) < 4.78 is 4.90. The Morgan fingerprint density at radius 2 is 2.00 bits per heavy atom. The molecule has 2 rings (SSSR count). The molecule has 0 aliphatic carbocycles. The lowest BCUT2D eigenvalue weighted by atomic mass is 9.99. The van der Waals surface area contributed by atoms with Crippen molar-refractivity contribution in [1.29, 1.82) is 0 Å². The van der Waals surface area contributed by atoms with Crippen LogP contribution >= 0.6 is 0 Å². The topological polar surface area (TPSA) is 83.0 Å². The summed E-state index contributed by atoms with van der Waals surface area (Å²) in [5.74, 6) is 0.530. The van der Waals surface area contributed by atoms with E-state index in [0.29, 0.717) is 18.7 Å². The number of methoxy groups -OCH3 is 1. The van der Waals surface area contributed by atoms with Gasteiger partial charge in [-0.05, 0) is 44.4 Å². The Morgan fingerprint density at radius 1 is 1.29 bits per heavy atom. The smallest absolute Gasteiger partial charge is 0.310 e. The average Bonchev–Trinajstić information content (AvgIpc) is 3.02. The molecule has 7 nitrogen and oxygen atoms in total. The minimum atomic E-state index is -0.282. The second-order valence-electron chi connectivity index (χ2n) is 8.32. The van der Waals surface area contributed by atoms with Crippen LogP contribution in [0.4, 0.5) is 0 Å². The number of carbonyl (C=O) groups excluding carboxylic acids is 2. The van der Waals surface area contributed by atoms with Crippen LogP contribution in [0.5, 0.6) is 0 Å². The van der Waals surface area contributed by atoms with E-state index in [1.807, 2.05) is 52.0 Å². The molecule has 0 saturated carbocycles. The maximum Gasteiger partial charge on any atom is 0.310 e. The highest BCUT2D eigenvalue weighted by Gasteiger charge is 2.36. The molecule has 2 N–H and O–H groups in total. The second kappa shape index (κ2) is 9.08. The number of hydrogen-bond donors (Lipinski definition) is 2. The van der Waals surface area contributed by atoms with Crippen LogP contribution in [0.25, 0.3) is 0 Å². The predicted octanol–water partition coefficient (Wildman–Crippen LogP) is 2.03. The largest absolute Gasteiger partial charge is 0.469 e. The van der Waals surface area contributed by atoms with Gasteiger partial charge in [0.2, 0.25) is 0 Å². The summed E-state index contributed by atoms with van der Waals surface area (Å²) in [4.78, 5) is 30.7. The zero-order valence-electron chi connectivity index (χ0n) is 17.7. The van der Waals surface area contributed by atoms with E-state index in [0.717, 1.165) is 18.1 Å². The van der Waals surface area contributed by atoms with Gasteiger partial charge >= 0.3 is 5.97 Å². The molecule has 2 unspecified atom stereocenters. The van der Waals surface area contributed by atoms with Gasteiger partial charge in [0.1, 0.15) is 0 Å². The van der Waals surface area contributed by atoms with Crippen LogP contribution in [-0.2, 0) is 16.1 Å². The highest BCUT2D eigenvalue weighted by molar-refractivity contribution is 5.94. The minimum absolute atomic E-state index is 0.0898. The van der Waals surface area contributed by atoms with Crippen molar-refractivity contribution < 1.29 is 14.3 Å². The molecule has 1 fully saturated rings. The van der Waals surface area contributed by atoms with Gasteiger partial charge in [-0.25, -0.2) is 0 Å². The van der Waals surface area contributed by atoms with Crippen LogP contribution in [-0.4, -0.2) is 55.5 Å². The molecule has 1 aromatic rings. The number of esters is 1. The standard InChI is InChI=1S/C21H32N4O3/c1-14-12-25(13-17(14)19(27)28-6)20(22-5)23-11-15-8-7-9-16(10-15)18(26)24-21(2,3)4/h7-10,14,17H,11-13H2,1-6H3,(H,22,23)(H,24,26). The number of nitrogens with zero attached hydrogens (tertiary/aromatic N) is 2. The Balaban J connectivity index is 2.00. The van der Waals surface area contributed by atoms with Gasteiger partial charge in [0, 0.05) is 37.8 Å². The number of hydrogen-bond acceptors (Lipinski definition) is 4. The van der Waals surface area contributed by atoms with Gasteiger partial charge in [-0.3, -0.25) is 14.6 Å². The van der Waals surface area contributed by atoms with Crippen molar-refractivity contribution in [3.8, 4) is 0 Å². The maximum atomic E-state index is 12.4. The number of likely N-dealkylation sites (tertiary alicyclic amines) is 1. The quantitative estimate of drug-likeness (QED) is 0.468. The number of aliphatic imine (C=N–C) groups is 1. The molecule has 0 radical (unpaired) electrons. The summed E-state index contributed by atoms with van der Waals surface area (Å²) in [6, 6.07) is 7.54. The van der Waals surface area contributed by atoms with Gasteiger partial charge in [-0.2, -0.15) is 0 Å². The molecule has 0 bridgehead atoms. The summed E-state index contributed by atoms with van der Waals surface area (Å²) in [5, 5.41) is 6.31. The molecule has 28 heavy (non-hydrogen) atoms. The van der Waals surface area contributed by atoms with Crippen molar-refractivity contribution >= 4 is 17.8 Å². The van der Waals surface area contributed by atoms with Crippen LogP contribution < -0.4 is 10.6 Å². The lowest BCUT2D eigenvalue weighted by molar-refractivity contribution is -0.145. The number of ether oxygens (including phenoxy) is 1. The monoisotopic (exact) mass is 388 g/mol. The van der Waals surface area contributed by atoms with Crippen molar-refractivity contribution in [2.45, 2.75) is 39.8 Å². The number of nitrogens with one attached hydrogen (secondary N) is 2. The van der Waals surface area contributed by atoms with E-state index >= 15 is 0 Å². The van der Waals surface area contributed by atoms with Crippen LogP contribution in [0, 0.1) is 11.8 Å². The molecular formula is C21H32N4O3. The van der Waals surface area contributed by atoms with E-state index in [1.165, 1.54) is 7.11 Å². The van der Waals surface area contributed by atoms with Crippen molar-refractivity contribution in [3.63, 3.8) is 0 Å². The Morgan fingerprint density at radius 3 is 2.61 bits per heavy atom. The third kappa shape index (κ3) is 5.71. The summed E-state index contributed by atoms with van der Waals surface area (Å²) in [7, 11) is 3.15. The summed E-state index contributed by atoms with van der Waals surface area (Å²) >= 11 is 0. The minimum Gasteiger partial charge on any atom is -0.469 e. The molecule has 2 atom stereocenters. The first-order valence-electron chi connectivity index (χ1n) is 9.59. The van der Waals surface area contributed by atoms with Crippen molar-refractivity contribution in [3.05, 3.63) is 35.4 Å². The Labute approximate surface area is 167 Å². The first-order valence-corrected chi connectivity index (χ1v) is 9.59. The summed E-state index contributed by atoms with van der Waals surface area (Å²) in [5.41, 5.74) is 1.33. The lowest BCUT2D eigenvalue weighted by Gasteiger charge is -2.22. The molecule has 1 saturated heterocycles. The number of rotatable bonds is 4. The second-order valence-corrected chi connectivity index (χ2v) is 8.32. The van der Waals surface area contributed by atoms with Crippen molar-refractivity contribution in [2.24, 2.45) is 16.8 Å². The highest BCUT2D eigenvalue weighted by Crippen LogP contribution is 2.24. The van der Waals surface area contributed by atoms with Gasteiger partial charge in [-0.15, -0.1) is 0 Å². The van der Waals surface area contributed by atoms with Gasteiger partial charge in [0.05, 0.1) is 13.0 Å². The van der Waals surface area contributed by atoms with Gasteiger partial charge in [-0.1, -0.05) is 19.1 Å². The Kier molecular flexibility index (Phi) is 7.05. The van der Waals surface area contributed by atoms with Crippen molar-refractivity contribution in [2.75, 3.05) is 27.2 Å². The number of carbonyl (C=O) groups is 2. The Hall–Kier alpha value is -2.57. The molecule has 1 amide bonds. The molecule has 1 heterocycles. The number of benzene rings is 1. The van der Waals surface area contributed by atoms with Crippen LogP contribution in [0.2, 0.25) is 0 Å². The summed E-state index contributed by atoms with van der Waals surface area (Å²) in [6.07, 6.45) is 0. The fourth-order valence-corrected chi connectivity index (χ4v) is 3.35. The normalized spacial score (nSPS) is 20.1. The van der Waals surface area contributed by atoms with Gasteiger partial charge in [0.25, 0.3) is 5.91 Å². The molecule has 0 spiro atoms. The van der Waals surface area contributed by atoms with E-state index in [4.69, 9.17) is 4.74 Å². The SMILES string of the molecule is CN=C(NCc1cccc(C(=O)NC(C)(C)C)c1)N1CC(C)C(C(=O)OC)C1. The zero-order chi connectivity index (χ0) is 20.9. The van der Waals surface area contributed by atoms with E-state index in [9.17, 15) is 9.59 Å². The molecule has 0 aromatic heterocycles. The molecule has 1 aliphatic heterocycles. The van der Waals surface area contributed by atoms with E-state index in [1.54, 1.807) is 7.05 Å². The van der Waals surface area contributed by atoms with Crippen LogP contribution in [0.15, 0.2) is 29.3 Å². The number of guanidine groups is 1. The zero-order valence-corrected chi connectivity index (χ0v) is 17.7. The summed E-state index contributed by atoms with van der Waals surface area (Å²) in [6.45, 7) is 9.79. The molecular weight excluding hydrogens is 356 g/mol. The third-order valence-corrected chi connectivity index (χ3v) is 4.76. The molecule has 7 heteroatoms. The first-order chi connectivity index (χ1) is 13.1. The number of amides is 1. The first kappa shape index (κ1) is 21.7.